The molecule has 1 heterocycles. The van der Waals surface area contributed by atoms with Crippen molar-refractivity contribution in [1.82, 2.24) is 4.98 Å². The van der Waals surface area contributed by atoms with Crippen molar-refractivity contribution in [1.29, 1.82) is 0 Å². The fraction of sp³-hybridized carbons (Fsp3) is 0.400. The third-order valence-electron chi connectivity index (χ3n) is 3.54. The number of fused-ring (bicyclic) bond motifs is 1. The lowest BCUT2D eigenvalue weighted by atomic mass is 10.1. The van der Waals surface area contributed by atoms with Gasteiger partial charge in [-0.2, -0.15) is 0 Å². The first-order valence-corrected chi connectivity index (χ1v) is 8.20. The maximum absolute atomic E-state index is 5.85. The molecule has 0 saturated heterocycles. The van der Waals surface area contributed by atoms with Gasteiger partial charge >= 0.3 is 0 Å². The van der Waals surface area contributed by atoms with Crippen LogP contribution < -0.4 is 4.74 Å². The predicted molar refractivity (Wildman–Crippen MR) is 82.2 cm³/mol. The Bertz CT molecular complexity index is 594. The number of hydrogen-bond donors (Lipinski definition) is 0. The van der Waals surface area contributed by atoms with Gasteiger partial charge in [0.05, 0.1) is 12.3 Å². The molecule has 0 saturated carbocycles. The number of benzene rings is 1. The molecule has 0 amide bonds. The van der Waals surface area contributed by atoms with E-state index >= 15 is 0 Å². The number of thiazole rings is 1. The molecule has 0 atom stereocenters. The SMILES string of the molecule is Cc1sc(Br)nc1CCOc1ccc2c(c1)CCC2. The van der Waals surface area contributed by atoms with E-state index in [4.69, 9.17) is 4.74 Å². The first-order chi connectivity index (χ1) is 9.22. The van der Waals surface area contributed by atoms with Crippen molar-refractivity contribution < 1.29 is 4.74 Å². The fourth-order valence-corrected chi connectivity index (χ4v) is 4.14. The van der Waals surface area contributed by atoms with Gasteiger partial charge in [0.1, 0.15) is 5.75 Å². The highest BCUT2D eigenvalue weighted by atomic mass is 79.9. The summed E-state index contributed by atoms with van der Waals surface area (Å²) < 4.78 is 6.80. The maximum Gasteiger partial charge on any atom is 0.159 e. The summed E-state index contributed by atoms with van der Waals surface area (Å²) >= 11 is 5.10. The molecule has 1 aliphatic carbocycles. The summed E-state index contributed by atoms with van der Waals surface area (Å²) in [6.07, 6.45) is 4.57. The highest BCUT2D eigenvalue weighted by molar-refractivity contribution is 9.11. The van der Waals surface area contributed by atoms with E-state index in [1.807, 2.05) is 0 Å². The van der Waals surface area contributed by atoms with Gasteiger partial charge < -0.3 is 4.74 Å². The van der Waals surface area contributed by atoms with Gasteiger partial charge in [-0.25, -0.2) is 4.98 Å². The quantitative estimate of drug-likeness (QED) is 0.828. The molecule has 100 valence electrons. The Hall–Kier alpha value is -0.870. The van der Waals surface area contributed by atoms with E-state index < -0.39 is 0 Å². The molecule has 0 N–H and O–H groups in total. The van der Waals surface area contributed by atoms with E-state index in [9.17, 15) is 0 Å². The molecule has 1 aliphatic rings. The smallest absolute Gasteiger partial charge is 0.159 e. The second-order valence-corrected chi connectivity index (χ2v) is 7.33. The van der Waals surface area contributed by atoms with Gasteiger partial charge in [0.25, 0.3) is 0 Å². The summed E-state index contributed by atoms with van der Waals surface area (Å²) in [5.74, 6) is 0.993. The number of aryl methyl sites for hydroxylation is 3. The Morgan fingerprint density at radius 1 is 1.32 bits per heavy atom. The van der Waals surface area contributed by atoms with E-state index in [0.29, 0.717) is 6.61 Å². The largest absolute Gasteiger partial charge is 0.493 e. The van der Waals surface area contributed by atoms with Crippen LogP contribution in [0.2, 0.25) is 0 Å². The van der Waals surface area contributed by atoms with Crippen LogP contribution in [0, 0.1) is 6.92 Å². The van der Waals surface area contributed by atoms with E-state index in [0.717, 1.165) is 21.8 Å². The van der Waals surface area contributed by atoms with Crippen LogP contribution in [0.3, 0.4) is 0 Å². The molecule has 0 spiro atoms. The Morgan fingerprint density at radius 3 is 2.95 bits per heavy atom. The van der Waals surface area contributed by atoms with Crippen LogP contribution in [0.5, 0.6) is 5.75 Å². The first kappa shape index (κ1) is 13.1. The minimum atomic E-state index is 0.690. The van der Waals surface area contributed by atoms with Crippen LogP contribution >= 0.6 is 27.3 Å². The molecular formula is C15H16BrNOS. The Kier molecular flexibility index (Phi) is 3.89. The Labute approximate surface area is 126 Å². The summed E-state index contributed by atoms with van der Waals surface area (Å²) in [5.41, 5.74) is 4.09. The van der Waals surface area contributed by atoms with Gasteiger partial charge in [0, 0.05) is 11.3 Å². The number of nitrogens with zero attached hydrogens (tertiary/aromatic N) is 1. The summed E-state index contributed by atoms with van der Waals surface area (Å²) in [6, 6.07) is 6.50. The number of ether oxygens (including phenoxy) is 1. The zero-order valence-corrected chi connectivity index (χ0v) is 13.3. The fourth-order valence-electron chi connectivity index (χ4n) is 2.53. The minimum absolute atomic E-state index is 0.690. The van der Waals surface area contributed by atoms with E-state index in [2.05, 4.69) is 46.0 Å². The second-order valence-electron chi connectivity index (χ2n) is 4.85. The van der Waals surface area contributed by atoms with E-state index in [1.165, 1.54) is 35.3 Å². The molecule has 4 heteroatoms. The average molecular weight is 338 g/mol. The van der Waals surface area contributed by atoms with Crippen molar-refractivity contribution >= 4 is 27.3 Å². The van der Waals surface area contributed by atoms with Crippen LogP contribution in [0.25, 0.3) is 0 Å². The molecular weight excluding hydrogens is 322 g/mol. The molecule has 0 unspecified atom stereocenters. The molecule has 2 aromatic rings. The van der Waals surface area contributed by atoms with E-state index in [-0.39, 0.29) is 0 Å². The van der Waals surface area contributed by atoms with Crippen molar-refractivity contribution in [3.8, 4) is 5.75 Å². The number of halogens is 1. The monoisotopic (exact) mass is 337 g/mol. The van der Waals surface area contributed by atoms with Crippen LogP contribution in [-0.2, 0) is 19.3 Å². The van der Waals surface area contributed by atoms with Crippen molar-refractivity contribution in [2.45, 2.75) is 32.6 Å². The van der Waals surface area contributed by atoms with Crippen molar-refractivity contribution in [2.75, 3.05) is 6.61 Å². The second kappa shape index (κ2) is 5.63. The van der Waals surface area contributed by atoms with Gasteiger partial charge in [-0.15, -0.1) is 11.3 Å². The lowest BCUT2D eigenvalue weighted by Crippen LogP contribution is -2.03. The van der Waals surface area contributed by atoms with Crippen molar-refractivity contribution in [2.24, 2.45) is 0 Å². The molecule has 3 rings (SSSR count). The maximum atomic E-state index is 5.85. The number of rotatable bonds is 4. The summed E-state index contributed by atoms with van der Waals surface area (Å²) in [5, 5.41) is 0. The lowest BCUT2D eigenvalue weighted by Gasteiger charge is -2.07. The van der Waals surface area contributed by atoms with Crippen LogP contribution in [0.1, 0.15) is 28.1 Å². The number of hydrogen-bond acceptors (Lipinski definition) is 3. The zero-order valence-electron chi connectivity index (χ0n) is 10.9. The molecule has 0 bridgehead atoms. The highest BCUT2D eigenvalue weighted by Crippen LogP contribution is 2.26. The average Bonchev–Trinajstić information content (AvgIpc) is 2.96. The van der Waals surface area contributed by atoms with Crippen LogP contribution in [-0.4, -0.2) is 11.6 Å². The summed E-state index contributed by atoms with van der Waals surface area (Å²) in [4.78, 5) is 5.72. The lowest BCUT2D eigenvalue weighted by molar-refractivity contribution is 0.320. The van der Waals surface area contributed by atoms with Gasteiger partial charge in [-0.3, -0.25) is 0 Å². The molecule has 0 radical (unpaired) electrons. The van der Waals surface area contributed by atoms with Crippen LogP contribution in [0.15, 0.2) is 22.1 Å². The zero-order chi connectivity index (χ0) is 13.2. The molecule has 0 aliphatic heterocycles. The third kappa shape index (κ3) is 3.00. The normalized spacial score (nSPS) is 13.6. The molecule has 19 heavy (non-hydrogen) atoms. The molecule has 1 aromatic heterocycles. The minimum Gasteiger partial charge on any atom is -0.493 e. The predicted octanol–water partition coefficient (Wildman–Crippen LogP) is 4.32. The van der Waals surface area contributed by atoms with Gasteiger partial charge in [-0.1, -0.05) is 6.07 Å². The third-order valence-corrected chi connectivity index (χ3v) is 5.01. The van der Waals surface area contributed by atoms with Crippen molar-refractivity contribution in [3.63, 3.8) is 0 Å². The van der Waals surface area contributed by atoms with E-state index in [1.54, 1.807) is 11.3 Å². The van der Waals surface area contributed by atoms with Gasteiger partial charge in [0.2, 0.25) is 0 Å². The van der Waals surface area contributed by atoms with Gasteiger partial charge in [0.15, 0.2) is 3.92 Å². The Balaban J connectivity index is 1.59. The van der Waals surface area contributed by atoms with Crippen molar-refractivity contribution in [3.05, 3.63) is 43.8 Å². The first-order valence-electron chi connectivity index (χ1n) is 6.59. The molecule has 0 fully saturated rings. The molecule has 1 aromatic carbocycles. The number of aromatic nitrogens is 1. The molecule has 2 nitrogen and oxygen atoms in total. The summed E-state index contributed by atoms with van der Waals surface area (Å²) in [7, 11) is 0. The van der Waals surface area contributed by atoms with Crippen LogP contribution in [0.4, 0.5) is 0 Å². The topological polar surface area (TPSA) is 22.1 Å². The standard InChI is InChI=1S/C15H16BrNOS/c1-10-14(17-15(16)19-10)7-8-18-13-6-5-11-3-2-4-12(11)9-13/h5-6,9H,2-4,7-8H2,1H3. The van der Waals surface area contributed by atoms with Gasteiger partial charge in [-0.05, 0) is 65.4 Å². The summed E-state index contributed by atoms with van der Waals surface area (Å²) in [6.45, 7) is 2.79. The Morgan fingerprint density at radius 2 is 2.16 bits per heavy atom. The highest BCUT2D eigenvalue weighted by Gasteiger charge is 2.11.